The summed E-state index contributed by atoms with van der Waals surface area (Å²) in [5.41, 5.74) is 2.10. The highest BCUT2D eigenvalue weighted by Gasteiger charge is 2.12. The SMILES string of the molecule is Cc1c(CC(=O)O)cccc1C(=O)CCBr. The molecule has 0 aliphatic heterocycles. The summed E-state index contributed by atoms with van der Waals surface area (Å²) in [7, 11) is 0. The van der Waals surface area contributed by atoms with E-state index in [2.05, 4.69) is 15.9 Å². The molecule has 0 bridgehead atoms. The van der Waals surface area contributed by atoms with Gasteiger partial charge in [-0.25, -0.2) is 0 Å². The molecule has 0 saturated heterocycles. The zero-order valence-corrected chi connectivity index (χ0v) is 10.6. The zero-order valence-electron chi connectivity index (χ0n) is 9.00. The van der Waals surface area contributed by atoms with E-state index in [9.17, 15) is 9.59 Å². The average molecular weight is 285 g/mol. The normalized spacial score (nSPS) is 10.1. The Morgan fingerprint density at radius 1 is 1.38 bits per heavy atom. The van der Waals surface area contributed by atoms with E-state index in [0.29, 0.717) is 22.9 Å². The second kappa shape index (κ2) is 5.80. The summed E-state index contributed by atoms with van der Waals surface area (Å²) in [6, 6.07) is 5.22. The lowest BCUT2D eigenvalue weighted by Crippen LogP contribution is -2.07. The molecule has 4 heteroatoms. The Balaban J connectivity index is 3.03. The fourth-order valence-corrected chi connectivity index (χ4v) is 1.92. The number of rotatable bonds is 5. The fraction of sp³-hybridized carbons (Fsp3) is 0.333. The Morgan fingerprint density at radius 2 is 2.06 bits per heavy atom. The van der Waals surface area contributed by atoms with Gasteiger partial charge in [-0.3, -0.25) is 9.59 Å². The number of hydrogen-bond acceptors (Lipinski definition) is 2. The van der Waals surface area contributed by atoms with Crippen LogP contribution in [0.5, 0.6) is 0 Å². The van der Waals surface area contributed by atoms with Crippen LogP contribution in [0.4, 0.5) is 0 Å². The molecule has 1 rings (SSSR count). The zero-order chi connectivity index (χ0) is 12.1. The minimum atomic E-state index is -0.881. The maximum absolute atomic E-state index is 11.7. The Labute approximate surface area is 103 Å². The summed E-state index contributed by atoms with van der Waals surface area (Å²) in [4.78, 5) is 22.4. The van der Waals surface area contributed by atoms with Crippen molar-refractivity contribution in [2.45, 2.75) is 19.8 Å². The highest BCUT2D eigenvalue weighted by molar-refractivity contribution is 9.09. The number of carboxylic acids is 1. The molecule has 0 spiro atoms. The molecule has 0 aliphatic carbocycles. The number of aliphatic carboxylic acids is 1. The van der Waals surface area contributed by atoms with Crippen LogP contribution in [-0.4, -0.2) is 22.2 Å². The summed E-state index contributed by atoms with van der Waals surface area (Å²) in [5, 5.41) is 9.35. The highest BCUT2D eigenvalue weighted by Crippen LogP contribution is 2.16. The maximum atomic E-state index is 11.7. The van der Waals surface area contributed by atoms with Crippen molar-refractivity contribution in [1.82, 2.24) is 0 Å². The van der Waals surface area contributed by atoms with E-state index in [1.807, 2.05) is 0 Å². The number of ketones is 1. The second-order valence-electron chi connectivity index (χ2n) is 3.52. The van der Waals surface area contributed by atoms with Crippen LogP contribution in [0.2, 0.25) is 0 Å². The predicted molar refractivity (Wildman–Crippen MR) is 65.3 cm³/mol. The Hall–Kier alpha value is -1.16. The van der Waals surface area contributed by atoms with Crippen molar-refractivity contribution in [3.63, 3.8) is 0 Å². The largest absolute Gasteiger partial charge is 0.481 e. The fourth-order valence-electron chi connectivity index (χ4n) is 1.56. The van der Waals surface area contributed by atoms with Gasteiger partial charge in [0.2, 0.25) is 0 Å². The molecule has 16 heavy (non-hydrogen) atoms. The van der Waals surface area contributed by atoms with Crippen LogP contribution in [0.1, 0.15) is 27.9 Å². The van der Waals surface area contributed by atoms with E-state index < -0.39 is 5.97 Å². The van der Waals surface area contributed by atoms with Gasteiger partial charge in [-0.1, -0.05) is 34.1 Å². The third kappa shape index (κ3) is 3.17. The lowest BCUT2D eigenvalue weighted by atomic mass is 9.96. The molecular weight excluding hydrogens is 272 g/mol. The summed E-state index contributed by atoms with van der Waals surface area (Å²) >= 11 is 3.22. The van der Waals surface area contributed by atoms with Gasteiger partial charge in [-0.15, -0.1) is 0 Å². The van der Waals surface area contributed by atoms with Crippen molar-refractivity contribution in [2.24, 2.45) is 0 Å². The molecule has 0 atom stereocenters. The minimum absolute atomic E-state index is 0.0404. The first kappa shape index (κ1) is 12.9. The third-order valence-corrected chi connectivity index (χ3v) is 2.81. The molecule has 0 saturated carbocycles. The molecule has 0 unspecified atom stereocenters. The lowest BCUT2D eigenvalue weighted by molar-refractivity contribution is -0.136. The monoisotopic (exact) mass is 284 g/mol. The van der Waals surface area contributed by atoms with Gasteiger partial charge in [0.1, 0.15) is 0 Å². The van der Waals surface area contributed by atoms with Gasteiger partial charge in [0.15, 0.2) is 5.78 Å². The summed E-state index contributed by atoms with van der Waals surface area (Å²) in [6.07, 6.45) is 0.388. The Bertz CT molecular complexity index is 413. The summed E-state index contributed by atoms with van der Waals surface area (Å²) in [6.45, 7) is 1.79. The number of Topliss-reactive ketones (excluding diaryl/α,β-unsaturated/α-hetero) is 1. The smallest absolute Gasteiger partial charge is 0.307 e. The number of carbonyl (C=O) groups excluding carboxylic acids is 1. The molecule has 1 N–H and O–H groups in total. The number of benzene rings is 1. The van der Waals surface area contributed by atoms with E-state index in [0.717, 1.165) is 5.56 Å². The van der Waals surface area contributed by atoms with E-state index in [1.165, 1.54) is 0 Å². The minimum Gasteiger partial charge on any atom is -0.481 e. The van der Waals surface area contributed by atoms with Gasteiger partial charge in [-0.05, 0) is 18.1 Å². The number of halogens is 1. The Kier molecular flexibility index (Phi) is 4.68. The summed E-state index contributed by atoms with van der Waals surface area (Å²) in [5.74, 6) is -0.838. The molecule has 1 aromatic carbocycles. The standard InChI is InChI=1S/C12H13BrO3/c1-8-9(7-12(15)16)3-2-4-10(8)11(14)5-6-13/h2-4H,5-7H2,1H3,(H,15,16). The highest BCUT2D eigenvalue weighted by atomic mass is 79.9. The van der Waals surface area contributed by atoms with Crippen molar-refractivity contribution in [3.05, 3.63) is 34.9 Å². The van der Waals surface area contributed by atoms with Gasteiger partial charge >= 0.3 is 5.97 Å². The quantitative estimate of drug-likeness (QED) is 0.668. The van der Waals surface area contributed by atoms with Gasteiger partial charge < -0.3 is 5.11 Å². The molecular formula is C12H13BrO3. The van der Waals surface area contributed by atoms with Crippen LogP contribution >= 0.6 is 15.9 Å². The molecule has 86 valence electrons. The van der Waals surface area contributed by atoms with Gasteiger partial charge in [0.05, 0.1) is 6.42 Å². The van der Waals surface area contributed by atoms with Crippen molar-refractivity contribution >= 4 is 27.7 Å². The van der Waals surface area contributed by atoms with Crippen LogP contribution < -0.4 is 0 Å². The topological polar surface area (TPSA) is 54.4 Å². The van der Waals surface area contributed by atoms with E-state index in [1.54, 1.807) is 25.1 Å². The molecule has 0 amide bonds. The maximum Gasteiger partial charge on any atom is 0.307 e. The van der Waals surface area contributed by atoms with Crippen LogP contribution in [0, 0.1) is 6.92 Å². The van der Waals surface area contributed by atoms with Crippen molar-refractivity contribution < 1.29 is 14.7 Å². The predicted octanol–water partition coefficient (Wildman–Crippen LogP) is 2.59. The third-order valence-electron chi connectivity index (χ3n) is 2.41. The van der Waals surface area contributed by atoms with Crippen molar-refractivity contribution in [2.75, 3.05) is 5.33 Å². The first-order chi connectivity index (χ1) is 7.56. The van der Waals surface area contributed by atoms with Crippen LogP contribution in [0.15, 0.2) is 18.2 Å². The van der Waals surface area contributed by atoms with Crippen LogP contribution in [0.25, 0.3) is 0 Å². The molecule has 0 fully saturated rings. The molecule has 0 radical (unpaired) electrons. The molecule has 1 aromatic rings. The average Bonchev–Trinajstić information content (AvgIpc) is 2.21. The van der Waals surface area contributed by atoms with E-state index >= 15 is 0 Å². The molecule has 0 aromatic heterocycles. The molecule has 3 nitrogen and oxygen atoms in total. The van der Waals surface area contributed by atoms with Gasteiger partial charge in [-0.2, -0.15) is 0 Å². The number of carboxylic acid groups (broad SMARTS) is 1. The number of hydrogen-bond donors (Lipinski definition) is 1. The van der Waals surface area contributed by atoms with Crippen LogP contribution in [-0.2, 0) is 11.2 Å². The Morgan fingerprint density at radius 3 is 2.62 bits per heavy atom. The molecule has 0 aliphatic rings. The number of alkyl halides is 1. The van der Waals surface area contributed by atoms with Gasteiger partial charge in [0, 0.05) is 17.3 Å². The van der Waals surface area contributed by atoms with Crippen molar-refractivity contribution in [1.29, 1.82) is 0 Å². The first-order valence-electron chi connectivity index (χ1n) is 4.95. The van der Waals surface area contributed by atoms with E-state index in [-0.39, 0.29) is 12.2 Å². The second-order valence-corrected chi connectivity index (χ2v) is 4.32. The molecule has 0 heterocycles. The summed E-state index contributed by atoms with van der Waals surface area (Å²) < 4.78 is 0. The van der Waals surface area contributed by atoms with E-state index in [4.69, 9.17) is 5.11 Å². The van der Waals surface area contributed by atoms with Crippen LogP contribution in [0.3, 0.4) is 0 Å². The van der Waals surface area contributed by atoms with Gasteiger partial charge in [0.25, 0.3) is 0 Å². The number of carbonyl (C=O) groups is 2. The lowest BCUT2D eigenvalue weighted by Gasteiger charge is -2.08. The first-order valence-corrected chi connectivity index (χ1v) is 6.08. The van der Waals surface area contributed by atoms with Crippen molar-refractivity contribution in [3.8, 4) is 0 Å².